The smallest absolute Gasteiger partial charge is 0.462 e. The molecule has 0 aliphatic rings. The summed E-state index contributed by atoms with van der Waals surface area (Å²) in [6.45, 7) is 9.48. The van der Waals surface area contributed by atoms with E-state index >= 15 is 0 Å². The van der Waals surface area contributed by atoms with Crippen molar-refractivity contribution in [3.8, 4) is 0 Å². The second-order valence-electron chi connectivity index (χ2n) is 29.1. The van der Waals surface area contributed by atoms with E-state index < -0.39 is 97.5 Å². The Bertz CT molecular complexity index is 1870. The number of hydrogen-bond acceptors (Lipinski definition) is 15. The highest BCUT2D eigenvalue weighted by Gasteiger charge is 2.30. The zero-order valence-electron chi connectivity index (χ0n) is 63.4. The van der Waals surface area contributed by atoms with Gasteiger partial charge in [0, 0.05) is 25.7 Å². The van der Waals surface area contributed by atoms with Crippen LogP contribution >= 0.6 is 15.6 Å². The van der Waals surface area contributed by atoms with Crippen LogP contribution in [-0.2, 0) is 65.4 Å². The molecule has 0 aliphatic heterocycles. The lowest BCUT2D eigenvalue weighted by atomic mass is 10.0. The summed E-state index contributed by atoms with van der Waals surface area (Å²) in [6.07, 6.45) is 59.1. The lowest BCUT2D eigenvalue weighted by Crippen LogP contribution is -2.30. The maximum atomic E-state index is 13.1. The summed E-state index contributed by atoms with van der Waals surface area (Å²) in [7, 11) is -9.90. The average Bonchev–Trinajstić information content (AvgIpc) is 1.52. The van der Waals surface area contributed by atoms with E-state index in [1.54, 1.807) is 0 Å². The summed E-state index contributed by atoms with van der Waals surface area (Å²) in [5.41, 5.74) is 0. The molecule has 0 aromatic heterocycles. The third kappa shape index (κ3) is 72.2. The molecule has 17 nitrogen and oxygen atoms in total. The summed E-state index contributed by atoms with van der Waals surface area (Å²) in [6, 6.07) is 0. The molecule has 0 radical (unpaired) electrons. The van der Waals surface area contributed by atoms with Crippen LogP contribution in [0, 0.1) is 11.8 Å². The molecule has 0 fully saturated rings. The molecule has 0 saturated heterocycles. The summed E-state index contributed by atoms with van der Waals surface area (Å²) >= 11 is 0. The molecule has 0 rings (SSSR count). The van der Waals surface area contributed by atoms with Crippen LogP contribution in [0.15, 0.2) is 0 Å². The van der Waals surface area contributed by atoms with Crippen molar-refractivity contribution in [1.29, 1.82) is 0 Å². The molecule has 19 heteroatoms. The highest BCUT2D eigenvalue weighted by molar-refractivity contribution is 7.47. The minimum absolute atomic E-state index is 0.103. The molecule has 0 aromatic carbocycles. The van der Waals surface area contributed by atoms with Gasteiger partial charge in [0.25, 0.3) is 0 Å². The van der Waals surface area contributed by atoms with E-state index in [9.17, 15) is 43.2 Å². The molecule has 97 heavy (non-hydrogen) atoms. The van der Waals surface area contributed by atoms with Crippen LogP contribution in [0.2, 0.25) is 0 Å². The molecule has 5 atom stereocenters. The van der Waals surface area contributed by atoms with Crippen molar-refractivity contribution in [2.45, 2.75) is 426 Å². The van der Waals surface area contributed by atoms with E-state index in [-0.39, 0.29) is 25.7 Å². The van der Waals surface area contributed by atoms with Crippen molar-refractivity contribution in [3.05, 3.63) is 0 Å². The van der Waals surface area contributed by atoms with Crippen LogP contribution < -0.4 is 0 Å². The van der Waals surface area contributed by atoms with Crippen molar-refractivity contribution in [1.82, 2.24) is 0 Å². The van der Waals surface area contributed by atoms with Gasteiger partial charge < -0.3 is 33.8 Å². The molecule has 0 bridgehead atoms. The van der Waals surface area contributed by atoms with Crippen LogP contribution in [-0.4, -0.2) is 96.7 Å². The maximum Gasteiger partial charge on any atom is 0.472 e. The Labute approximate surface area is 594 Å². The quantitative estimate of drug-likeness (QED) is 0.0222. The average molecular weight is 1420 g/mol. The Hall–Kier alpha value is -1.94. The highest BCUT2D eigenvalue weighted by atomic mass is 31.2. The second kappa shape index (κ2) is 69.8. The number of carbonyl (C=O) groups is 4. The number of esters is 4. The van der Waals surface area contributed by atoms with E-state index in [1.807, 2.05) is 0 Å². The number of phosphoric acid groups is 2. The van der Waals surface area contributed by atoms with E-state index in [0.29, 0.717) is 31.6 Å². The zero-order valence-corrected chi connectivity index (χ0v) is 65.2. The van der Waals surface area contributed by atoms with E-state index in [2.05, 4.69) is 41.5 Å². The predicted octanol–water partition coefficient (Wildman–Crippen LogP) is 23.1. The van der Waals surface area contributed by atoms with Crippen molar-refractivity contribution < 1.29 is 80.2 Å². The second-order valence-corrected chi connectivity index (χ2v) is 32.0. The number of aliphatic hydroxyl groups excluding tert-OH is 1. The van der Waals surface area contributed by atoms with Gasteiger partial charge in [0.2, 0.25) is 0 Å². The largest absolute Gasteiger partial charge is 0.472 e. The SMILES string of the molecule is CCCCCCCCCCCCCCCCCCCCCCCC(=O)OC[C@H](COP(=O)(O)OC[C@@H](O)COP(=O)(O)OC[C@@H](COC(=O)CCCCCCC)OC(=O)CCCCCCCCCC(C)C)OC(=O)CCCCCCCCCCCCCCCCCCCCC(C)C. The fourth-order valence-electron chi connectivity index (χ4n) is 12.0. The van der Waals surface area contributed by atoms with Gasteiger partial charge in [-0.3, -0.25) is 37.3 Å². The van der Waals surface area contributed by atoms with Crippen LogP contribution in [0.3, 0.4) is 0 Å². The van der Waals surface area contributed by atoms with Gasteiger partial charge in [-0.2, -0.15) is 0 Å². The molecule has 0 amide bonds. The zero-order chi connectivity index (χ0) is 71.4. The van der Waals surface area contributed by atoms with Gasteiger partial charge in [0.05, 0.1) is 26.4 Å². The minimum Gasteiger partial charge on any atom is -0.462 e. The summed E-state index contributed by atoms with van der Waals surface area (Å²) in [5, 5.41) is 10.6. The molecular formula is C78H152O17P2. The van der Waals surface area contributed by atoms with Crippen LogP contribution in [0.5, 0.6) is 0 Å². The first kappa shape index (κ1) is 95.1. The Morgan fingerprint density at radius 2 is 0.474 bits per heavy atom. The van der Waals surface area contributed by atoms with Crippen molar-refractivity contribution >= 4 is 39.5 Å². The first-order valence-electron chi connectivity index (χ1n) is 40.5. The van der Waals surface area contributed by atoms with Gasteiger partial charge in [-0.1, -0.05) is 356 Å². The Kier molecular flexibility index (Phi) is 68.4. The number of unbranched alkanes of at least 4 members (excludes halogenated alkanes) is 47. The molecule has 3 N–H and O–H groups in total. The number of ether oxygens (including phenoxy) is 4. The van der Waals surface area contributed by atoms with E-state index in [1.165, 1.54) is 218 Å². The molecule has 0 heterocycles. The van der Waals surface area contributed by atoms with Gasteiger partial charge in [0.15, 0.2) is 12.2 Å². The first-order chi connectivity index (χ1) is 46.9. The molecular weight excluding hydrogens is 1270 g/mol. The molecule has 0 aromatic rings. The lowest BCUT2D eigenvalue weighted by molar-refractivity contribution is -0.161. The Balaban J connectivity index is 5.09. The summed E-state index contributed by atoms with van der Waals surface area (Å²) < 4.78 is 68.3. The number of rotatable bonds is 77. The normalized spacial score (nSPS) is 14.0. The Morgan fingerprint density at radius 3 is 0.701 bits per heavy atom. The van der Waals surface area contributed by atoms with Gasteiger partial charge in [0.1, 0.15) is 19.3 Å². The van der Waals surface area contributed by atoms with Gasteiger partial charge in [-0.15, -0.1) is 0 Å². The highest BCUT2D eigenvalue weighted by Crippen LogP contribution is 2.45. The van der Waals surface area contributed by atoms with Gasteiger partial charge >= 0.3 is 39.5 Å². The fraction of sp³-hybridized carbons (Fsp3) is 0.949. The van der Waals surface area contributed by atoms with Crippen LogP contribution in [0.25, 0.3) is 0 Å². The monoisotopic (exact) mass is 1420 g/mol. The van der Waals surface area contributed by atoms with Crippen molar-refractivity contribution in [3.63, 3.8) is 0 Å². The minimum atomic E-state index is -4.96. The van der Waals surface area contributed by atoms with Crippen LogP contribution in [0.4, 0.5) is 0 Å². The molecule has 576 valence electrons. The van der Waals surface area contributed by atoms with Crippen molar-refractivity contribution in [2.75, 3.05) is 39.6 Å². The van der Waals surface area contributed by atoms with Gasteiger partial charge in [-0.25, -0.2) is 9.13 Å². The predicted molar refractivity (Wildman–Crippen MR) is 395 cm³/mol. The number of carbonyl (C=O) groups excluding carboxylic acids is 4. The standard InChI is InChI=1S/C78H152O17P2/c1-7-9-11-13-14-15-16-17-18-19-20-21-22-26-29-32-35-38-43-49-55-61-76(81)89-67-74(95-77(82)62-56-50-44-39-36-33-30-27-24-23-25-28-31-34-37-41-47-52-58-70(3)4)69-93-97(86,87)91-65-72(79)64-90-96(84,85)92-68-73(66-88-75(80)60-54-46-12-10-8-2)94-78(83)63-57-51-45-40-42-48-53-59-71(5)6/h70-74,79H,7-69H2,1-6H3,(H,84,85)(H,86,87)/t72-,73+,74+/m0/s1. The fourth-order valence-corrected chi connectivity index (χ4v) is 13.6. The van der Waals surface area contributed by atoms with Crippen LogP contribution in [0.1, 0.15) is 408 Å². The maximum absolute atomic E-state index is 13.1. The van der Waals surface area contributed by atoms with E-state index in [0.717, 1.165) is 102 Å². The topological polar surface area (TPSA) is 237 Å². The van der Waals surface area contributed by atoms with E-state index in [4.69, 9.17) is 37.0 Å². The molecule has 0 spiro atoms. The number of aliphatic hydroxyl groups is 1. The number of phosphoric ester groups is 2. The summed E-state index contributed by atoms with van der Waals surface area (Å²) in [5.74, 6) is -0.613. The molecule has 2 unspecified atom stereocenters. The molecule has 0 saturated carbocycles. The Morgan fingerprint density at radius 1 is 0.278 bits per heavy atom. The third-order valence-corrected chi connectivity index (χ3v) is 20.1. The summed E-state index contributed by atoms with van der Waals surface area (Å²) in [4.78, 5) is 72.5. The van der Waals surface area contributed by atoms with Gasteiger partial charge in [-0.05, 0) is 37.5 Å². The molecule has 0 aliphatic carbocycles. The number of hydrogen-bond donors (Lipinski definition) is 3. The van der Waals surface area contributed by atoms with Crippen molar-refractivity contribution in [2.24, 2.45) is 11.8 Å². The lowest BCUT2D eigenvalue weighted by Gasteiger charge is -2.21. The third-order valence-electron chi connectivity index (χ3n) is 18.2. The first-order valence-corrected chi connectivity index (χ1v) is 43.5.